The number of rotatable bonds is 5. The molecule has 130 valence electrons. The third-order valence-corrected chi connectivity index (χ3v) is 4.84. The van der Waals surface area contributed by atoms with Crippen LogP contribution in [-0.4, -0.2) is 55.2 Å². The number of benzene rings is 1. The van der Waals surface area contributed by atoms with E-state index in [0.29, 0.717) is 19.1 Å². The highest BCUT2D eigenvalue weighted by Crippen LogP contribution is 2.26. The Balaban J connectivity index is 1.61. The summed E-state index contributed by atoms with van der Waals surface area (Å²) >= 11 is 0. The second-order valence-corrected chi connectivity index (χ2v) is 6.40. The predicted octanol–water partition coefficient (Wildman–Crippen LogP) is 3.74. The molecule has 0 bridgehead atoms. The molecule has 0 aliphatic carbocycles. The van der Waals surface area contributed by atoms with Gasteiger partial charge in [0.2, 0.25) is 0 Å². The van der Waals surface area contributed by atoms with E-state index < -0.39 is 12.6 Å². The van der Waals surface area contributed by atoms with Crippen LogP contribution in [0.4, 0.5) is 18.9 Å². The summed E-state index contributed by atoms with van der Waals surface area (Å²) in [5.74, 6) is 0. The molecule has 1 unspecified atom stereocenters. The molecule has 3 nitrogen and oxygen atoms in total. The minimum absolute atomic E-state index is 0.170. The number of likely N-dealkylation sites (tertiary alicyclic amines) is 1. The standard InChI is InChI=1S/C18H22F3N3/c1-23(16-3-2-14-11-22-7-4-13(14)10-16)15-5-8-24(9-6-15)12-17(19)18(20)21/h2-4,7,10-11,15,17-18H,5-6,8-9,12H2,1H3. The molecule has 2 aromatic rings. The molecule has 24 heavy (non-hydrogen) atoms. The summed E-state index contributed by atoms with van der Waals surface area (Å²) in [6.07, 6.45) is 0.377. The fourth-order valence-corrected chi connectivity index (χ4v) is 3.32. The summed E-state index contributed by atoms with van der Waals surface area (Å²) in [6.45, 7) is 1.14. The molecule has 1 saturated heterocycles. The Morgan fingerprint density at radius 2 is 1.92 bits per heavy atom. The summed E-state index contributed by atoms with van der Waals surface area (Å²) in [4.78, 5) is 8.15. The second-order valence-electron chi connectivity index (χ2n) is 6.40. The zero-order chi connectivity index (χ0) is 17.1. The van der Waals surface area contributed by atoms with Crippen LogP contribution in [0.5, 0.6) is 0 Å². The number of aromatic nitrogens is 1. The van der Waals surface area contributed by atoms with Crippen molar-refractivity contribution in [1.29, 1.82) is 0 Å². The SMILES string of the molecule is CN(c1ccc2cnccc2c1)C1CCN(CC(F)C(F)F)CC1. The lowest BCUT2D eigenvalue weighted by molar-refractivity contribution is 0.0231. The molecule has 1 atom stereocenters. The molecule has 0 spiro atoms. The number of hydrogen-bond acceptors (Lipinski definition) is 3. The van der Waals surface area contributed by atoms with Gasteiger partial charge >= 0.3 is 0 Å². The normalized spacial score (nSPS) is 18.2. The highest BCUT2D eigenvalue weighted by molar-refractivity contribution is 5.85. The molecular formula is C18H22F3N3. The second kappa shape index (κ2) is 7.38. The fraction of sp³-hybridized carbons (Fsp3) is 0.500. The van der Waals surface area contributed by atoms with E-state index in [2.05, 4.69) is 35.1 Å². The fourth-order valence-electron chi connectivity index (χ4n) is 3.32. The molecule has 2 heterocycles. The average Bonchev–Trinajstić information content (AvgIpc) is 2.61. The van der Waals surface area contributed by atoms with Gasteiger partial charge in [0.25, 0.3) is 6.43 Å². The van der Waals surface area contributed by atoms with Gasteiger partial charge < -0.3 is 9.80 Å². The topological polar surface area (TPSA) is 19.4 Å². The van der Waals surface area contributed by atoms with E-state index in [4.69, 9.17) is 0 Å². The number of anilines is 1. The Morgan fingerprint density at radius 1 is 1.17 bits per heavy atom. The number of fused-ring (bicyclic) bond motifs is 1. The van der Waals surface area contributed by atoms with Gasteiger partial charge in [-0.15, -0.1) is 0 Å². The lowest BCUT2D eigenvalue weighted by Crippen LogP contribution is -2.45. The van der Waals surface area contributed by atoms with Crippen LogP contribution in [0.2, 0.25) is 0 Å². The third kappa shape index (κ3) is 3.80. The van der Waals surface area contributed by atoms with E-state index in [1.807, 2.05) is 12.3 Å². The number of piperidine rings is 1. The van der Waals surface area contributed by atoms with Crippen LogP contribution in [0.25, 0.3) is 10.8 Å². The van der Waals surface area contributed by atoms with Gasteiger partial charge in [-0.3, -0.25) is 4.98 Å². The highest BCUT2D eigenvalue weighted by Gasteiger charge is 2.27. The summed E-state index contributed by atoms with van der Waals surface area (Å²) in [5, 5.41) is 2.24. The Bertz CT molecular complexity index is 671. The Kier molecular flexibility index (Phi) is 5.23. The molecule has 1 aliphatic heterocycles. The molecule has 6 heteroatoms. The summed E-state index contributed by atoms with van der Waals surface area (Å²) < 4.78 is 37.8. The maximum absolute atomic E-state index is 13.2. The van der Waals surface area contributed by atoms with Crippen LogP contribution in [0, 0.1) is 0 Å². The van der Waals surface area contributed by atoms with Gasteiger partial charge in [-0.2, -0.15) is 0 Å². The third-order valence-electron chi connectivity index (χ3n) is 4.84. The van der Waals surface area contributed by atoms with E-state index in [1.54, 1.807) is 11.1 Å². The Labute approximate surface area is 140 Å². The minimum atomic E-state index is -2.89. The smallest absolute Gasteiger partial charge is 0.270 e. The molecule has 3 rings (SSSR count). The molecule has 0 radical (unpaired) electrons. The van der Waals surface area contributed by atoms with E-state index >= 15 is 0 Å². The molecule has 1 aliphatic rings. The van der Waals surface area contributed by atoms with E-state index in [0.717, 1.165) is 29.3 Å². The first-order chi connectivity index (χ1) is 11.5. The van der Waals surface area contributed by atoms with Crippen LogP contribution in [-0.2, 0) is 0 Å². The van der Waals surface area contributed by atoms with Gasteiger partial charge in [-0.25, -0.2) is 13.2 Å². The van der Waals surface area contributed by atoms with E-state index in [-0.39, 0.29) is 6.54 Å². The van der Waals surface area contributed by atoms with Crippen LogP contribution in [0.15, 0.2) is 36.7 Å². The predicted molar refractivity (Wildman–Crippen MR) is 90.5 cm³/mol. The monoisotopic (exact) mass is 337 g/mol. The highest BCUT2D eigenvalue weighted by atomic mass is 19.3. The quantitative estimate of drug-likeness (QED) is 0.829. The van der Waals surface area contributed by atoms with E-state index in [9.17, 15) is 13.2 Å². The van der Waals surface area contributed by atoms with Crippen molar-refractivity contribution in [3.63, 3.8) is 0 Å². The molecule has 0 amide bonds. The van der Waals surface area contributed by atoms with Crippen LogP contribution in [0.3, 0.4) is 0 Å². The lowest BCUT2D eigenvalue weighted by Gasteiger charge is -2.38. The zero-order valence-corrected chi connectivity index (χ0v) is 13.7. The van der Waals surface area contributed by atoms with Crippen LogP contribution in [0.1, 0.15) is 12.8 Å². The number of halogens is 3. The zero-order valence-electron chi connectivity index (χ0n) is 13.7. The summed E-state index contributed by atoms with van der Waals surface area (Å²) in [5.41, 5.74) is 1.13. The molecule has 1 aromatic carbocycles. The number of nitrogens with zero attached hydrogens (tertiary/aromatic N) is 3. The van der Waals surface area contributed by atoms with Gasteiger partial charge in [0.05, 0.1) is 0 Å². The van der Waals surface area contributed by atoms with Crippen molar-refractivity contribution < 1.29 is 13.2 Å². The average molecular weight is 337 g/mol. The van der Waals surface area contributed by atoms with Crippen molar-refractivity contribution in [2.45, 2.75) is 31.5 Å². The van der Waals surface area contributed by atoms with Gasteiger partial charge in [0.1, 0.15) is 0 Å². The molecule has 1 aromatic heterocycles. The van der Waals surface area contributed by atoms with Crippen molar-refractivity contribution >= 4 is 16.5 Å². The number of hydrogen-bond donors (Lipinski definition) is 0. The van der Waals surface area contributed by atoms with E-state index in [1.165, 1.54) is 0 Å². The Hall–Kier alpha value is -1.82. The minimum Gasteiger partial charge on any atom is -0.371 e. The van der Waals surface area contributed by atoms with Gasteiger partial charge in [0.15, 0.2) is 6.17 Å². The number of alkyl halides is 3. The van der Waals surface area contributed by atoms with Gasteiger partial charge in [0, 0.05) is 56.2 Å². The summed E-state index contributed by atoms with van der Waals surface area (Å²) in [7, 11) is 2.06. The summed E-state index contributed by atoms with van der Waals surface area (Å²) in [6, 6.07) is 8.59. The van der Waals surface area contributed by atoms with Crippen LogP contribution >= 0.6 is 0 Å². The van der Waals surface area contributed by atoms with Crippen molar-refractivity contribution in [1.82, 2.24) is 9.88 Å². The van der Waals surface area contributed by atoms with Crippen LogP contribution < -0.4 is 4.90 Å². The Morgan fingerprint density at radius 3 is 2.62 bits per heavy atom. The van der Waals surface area contributed by atoms with Gasteiger partial charge in [-0.1, -0.05) is 6.07 Å². The molecular weight excluding hydrogens is 315 g/mol. The first-order valence-electron chi connectivity index (χ1n) is 8.26. The first kappa shape index (κ1) is 17.0. The molecule has 0 saturated carbocycles. The largest absolute Gasteiger partial charge is 0.371 e. The maximum atomic E-state index is 13.2. The first-order valence-corrected chi connectivity index (χ1v) is 8.26. The molecule has 1 fully saturated rings. The lowest BCUT2D eigenvalue weighted by atomic mass is 10.0. The number of pyridine rings is 1. The van der Waals surface area contributed by atoms with Crippen molar-refractivity contribution in [3.8, 4) is 0 Å². The van der Waals surface area contributed by atoms with Gasteiger partial charge in [-0.05, 0) is 36.4 Å². The maximum Gasteiger partial charge on any atom is 0.270 e. The molecule has 0 N–H and O–H groups in total. The van der Waals surface area contributed by atoms with Crippen molar-refractivity contribution in [3.05, 3.63) is 36.7 Å². The van der Waals surface area contributed by atoms with Crippen molar-refractivity contribution in [2.24, 2.45) is 0 Å². The van der Waals surface area contributed by atoms with Crippen molar-refractivity contribution in [2.75, 3.05) is 31.6 Å².